The molecule has 1 aliphatic heterocycles. The summed E-state index contributed by atoms with van der Waals surface area (Å²) in [6, 6.07) is 5.24. The third kappa shape index (κ3) is 5.03. The Morgan fingerprint density at radius 2 is 2.05 bits per heavy atom. The molecule has 1 aliphatic rings. The molecule has 1 fully saturated rings. The SMILES string of the molecule is O=S(=O)(CCN1CCNCC1)Nc1ccc(I)cc1Cl. The van der Waals surface area contributed by atoms with Crippen LogP contribution in [0.3, 0.4) is 0 Å². The topological polar surface area (TPSA) is 61.4 Å². The van der Waals surface area contributed by atoms with E-state index in [1.807, 2.05) is 6.07 Å². The number of anilines is 1. The summed E-state index contributed by atoms with van der Waals surface area (Å²) in [5, 5.41) is 3.66. The lowest BCUT2D eigenvalue weighted by Crippen LogP contribution is -2.45. The fraction of sp³-hybridized carbons (Fsp3) is 0.500. The Morgan fingerprint density at radius 3 is 2.70 bits per heavy atom. The average Bonchev–Trinajstić information content (AvgIpc) is 2.41. The Kier molecular flexibility index (Phi) is 5.91. The van der Waals surface area contributed by atoms with Crippen LogP contribution in [0.15, 0.2) is 18.2 Å². The van der Waals surface area contributed by atoms with E-state index in [9.17, 15) is 8.42 Å². The molecule has 2 rings (SSSR count). The van der Waals surface area contributed by atoms with Gasteiger partial charge in [0.2, 0.25) is 10.0 Å². The Hall–Kier alpha value is -0.0900. The number of sulfonamides is 1. The summed E-state index contributed by atoms with van der Waals surface area (Å²) in [7, 11) is -3.37. The third-order valence-corrected chi connectivity index (χ3v) is 5.32. The zero-order chi connectivity index (χ0) is 14.6. The van der Waals surface area contributed by atoms with Crippen molar-refractivity contribution < 1.29 is 8.42 Å². The second kappa shape index (κ2) is 7.26. The Bertz CT molecular complexity index is 562. The summed E-state index contributed by atoms with van der Waals surface area (Å²) in [6.45, 7) is 4.14. The van der Waals surface area contributed by atoms with Crippen molar-refractivity contribution in [2.24, 2.45) is 0 Å². The van der Waals surface area contributed by atoms with Crippen molar-refractivity contribution in [2.75, 3.05) is 43.2 Å². The van der Waals surface area contributed by atoms with E-state index in [-0.39, 0.29) is 5.75 Å². The maximum atomic E-state index is 12.1. The molecule has 1 saturated heterocycles. The van der Waals surface area contributed by atoms with Crippen LogP contribution in [0.25, 0.3) is 0 Å². The molecule has 0 spiro atoms. The molecule has 0 saturated carbocycles. The van der Waals surface area contributed by atoms with Crippen molar-refractivity contribution in [3.8, 4) is 0 Å². The molecule has 0 amide bonds. The van der Waals surface area contributed by atoms with Gasteiger partial charge in [-0.05, 0) is 40.8 Å². The smallest absolute Gasteiger partial charge is 0.234 e. The molecule has 0 aromatic heterocycles. The molecule has 5 nitrogen and oxygen atoms in total. The average molecular weight is 430 g/mol. The highest BCUT2D eigenvalue weighted by Crippen LogP contribution is 2.24. The fourth-order valence-electron chi connectivity index (χ4n) is 1.97. The first-order chi connectivity index (χ1) is 9.46. The normalized spacial score (nSPS) is 17.1. The Balaban J connectivity index is 1.93. The van der Waals surface area contributed by atoms with Crippen LogP contribution in [0.4, 0.5) is 5.69 Å². The highest BCUT2D eigenvalue weighted by Gasteiger charge is 2.16. The van der Waals surface area contributed by atoms with Gasteiger partial charge in [0.05, 0.1) is 16.5 Å². The molecule has 20 heavy (non-hydrogen) atoms. The first kappa shape index (κ1) is 16.3. The molecule has 8 heteroatoms. The maximum Gasteiger partial charge on any atom is 0.234 e. The Labute approximate surface area is 138 Å². The second-order valence-corrected chi connectivity index (χ2v) is 8.13. The number of hydrogen-bond acceptors (Lipinski definition) is 4. The van der Waals surface area contributed by atoms with Gasteiger partial charge in [-0.15, -0.1) is 0 Å². The highest BCUT2D eigenvalue weighted by atomic mass is 127. The van der Waals surface area contributed by atoms with Crippen molar-refractivity contribution in [1.29, 1.82) is 0 Å². The summed E-state index contributed by atoms with van der Waals surface area (Å²) in [5.41, 5.74) is 0.437. The highest BCUT2D eigenvalue weighted by molar-refractivity contribution is 14.1. The van der Waals surface area contributed by atoms with Gasteiger partial charge in [0.1, 0.15) is 0 Å². The van der Waals surface area contributed by atoms with Gasteiger partial charge < -0.3 is 5.32 Å². The van der Waals surface area contributed by atoms with Crippen molar-refractivity contribution in [1.82, 2.24) is 10.2 Å². The molecule has 0 unspecified atom stereocenters. The molecule has 112 valence electrons. The largest absolute Gasteiger partial charge is 0.314 e. The molecular weight excluding hydrogens is 413 g/mol. The van der Waals surface area contributed by atoms with E-state index in [1.165, 1.54) is 0 Å². The quantitative estimate of drug-likeness (QED) is 0.698. The molecule has 0 radical (unpaired) electrons. The van der Waals surface area contributed by atoms with Gasteiger partial charge in [-0.1, -0.05) is 11.6 Å². The number of nitrogens with one attached hydrogen (secondary N) is 2. The zero-order valence-corrected chi connectivity index (χ0v) is 14.6. The fourth-order valence-corrected chi connectivity index (χ4v) is 4.05. The summed E-state index contributed by atoms with van der Waals surface area (Å²) in [5.74, 6) is 0.0787. The number of piperazine rings is 1. The molecule has 0 aliphatic carbocycles. The van der Waals surface area contributed by atoms with Gasteiger partial charge in [-0.25, -0.2) is 8.42 Å². The first-order valence-corrected chi connectivity index (χ1v) is 9.46. The predicted octanol–water partition coefficient (Wildman–Crippen LogP) is 1.59. The lowest BCUT2D eigenvalue weighted by atomic mass is 10.3. The Morgan fingerprint density at radius 1 is 1.35 bits per heavy atom. The lowest BCUT2D eigenvalue weighted by molar-refractivity contribution is 0.254. The molecule has 1 aromatic carbocycles. The van der Waals surface area contributed by atoms with E-state index >= 15 is 0 Å². The van der Waals surface area contributed by atoms with Gasteiger partial charge in [-0.3, -0.25) is 9.62 Å². The third-order valence-electron chi connectivity index (χ3n) is 3.08. The monoisotopic (exact) mass is 429 g/mol. The van der Waals surface area contributed by atoms with E-state index in [0.29, 0.717) is 17.3 Å². The first-order valence-electron chi connectivity index (χ1n) is 6.35. The second-order valence-electron chi connectivity index (χ2n) is 4.64. The molecule has 1 heterocycles. The van der Waals surface area contributed by atoms with Crippen LogP contribution >= 0.6 is 34.2 Å². The number of halogens is 2. The molecule has 0 atom stereocenters. The van der Waals surface area contributed by atoms with Crippen molar-refractivity contribution in [2.45, 2.75) is 0 Å². The standard InChI is InChI=1S/C12H17ClIN3O2S/c13-11-9-10(14)1-2-12(11)16-20(18,19)8-7-17-5-3-15-4-6-17/h1-2,9,15-16H,3-8H2. The minimum atomic E-state index is -3.37. The van der Waals surface area contributed by atoms with Gasteiger partial charge in [-0.2, -0.15) is 0 Å². The predicted molar refractivity (Wildman–Crippen MR) is 90.9 cm³/mol. The number of rotatable bonds is 5. The van der Waals surface area contributed by atoms with Crippen LogP contribution < -0.4 is 10.0 Å². The summed E-state index contributed by atoms with van der Waals surface area (Å²) < 4.78 is 27.6. The van der Waals surface area contributed by atoms with Crippen LogP contribution in [0.1, 0.15) is 0 Å². The molecular formula is C12H17ClIN3O2S. The van der Waals surface area contributed by atoms with Crippen LogP contribution in [-0.2, 0) is 10.0 Å². The van der Waals surface area contributed by atoms with E-state index < -0.39 is 10.0 Å². The minimum absolute atomic E-state index is 0.0787. The number of hydrogen-bond donors (Lipinski definition) is 2. The van der Waals surface area contributed by atoms with E-state index in [0.717, 1.165) is 29.7 Å². The van der Waals surface area contributed by atoms with Gasteiger partial charge in [0, 0.05) is 36.3 Å². The lowest BCUT2D eigenvalue weighted by Gasteiger charge is -2.26. The van der Waals surface area contributed by atoms with Gasteiger partial charge in [0.25, 0.3) is 0 Å². The van der Waals surface area contributed by atoms with E-state index in [1.54, 1.807) is 12.1 Å². The van der Waals surface area contributed by atoms with Crippen LogP contribution in [0.5, 0.6) is 0 Å². The summed E-state index contributed by atoms with van der Waals surface area (Å²) >= 11 is 8.16. The van der Waals surface area contributed by atoms with Gasteiger partial charge >= 0.3 is 0 Å². The molecule has 0 bridgehead atoms. The minimum Gasteiger partial charge on any atom is -0.314 e. The van der Waals surface area contributed by atoms with Crippen LogP contribution in [0.2, 0.25) is 5.02 Å². The van der Waals surface area contributed by atoms with Crippen LogP contribution in [0, 0.1) is 3.57 Å². The number of nitrogens with zero attached hydrogens (tertiary/aromatic N) is 1. The summed E-state index contributed by atoms with van der Waals surface area (Å²) in [6.07, 6.45) is 0. The van der Waals surface area contributed by atoms with Crippen molar-refractivity contribution in [3.63, 3.8) is 0 Å². The number of benzene rings is 1. The van der Waals surface area contributed by atoms with Crippen LogP contribution in [-0.4, -0.2) is 51.8 Å². The zero-order valence-electron chi connectivity index (χ0n) is 10.9. The summed E-state index contributed by atoms with van der Waals surface area (Å²) in [4.78, 5) is 2.14. The molecule has 2 N–H and O–H groups in total. The van der Waals surface area contributed by atoms with E-state index in [2.05, 4.69) is 37.5 Å². The maximum absolute atomic E-state index is 12.1. The van der Waals surface area contributed by atoms with Crippen molar-refractivity contribution >= 4 is 49.9 Å². The van der Waals surface area contributed by atoms with Gasteiger partial charge in [0.15, 0.2) is 0 Å². The van der Waals surface area contributed by atoms with E-state index in [4.69, 9.17) is 11.6 Å². The molecule has 1 aromatic rings. The van der Waals surface area contributed by atoms with Crippen molar-refractivity contribution in [3.05, 3.63) is 26.8 Å².